The van der Waals surface area contributed by atoms with Crippen molar-refractivity contribution < 1.29 is 19.5 Å². The minimum absolute atomic E-state index is 0.116. The first-order chi connectivity index (χ1) is 11.6. The summed E-state index contributed by atoms with van der Waals surface area (Å²) in [4.78, 5) is 35.8. The number of nitrogens with one attached hydrogen (secondary N) is 2. The third kappa shape index (κ3) is 3.73. The van der Waals surface area contributed by atoms with Crippen LogP contribution in [0.1, 0.15) is 64.2 Å². The fourth-order valence-corrected chi connectivity index (χ4v) is 5.11. The second-order valence-electron chi connectivity index (χ2n) is 7.80. The lowest BCUT2D eigenvalue weighted by Gasteiger charge is -2.27. The largest absolute Gasteiger partial charge is 0.481 e. The first-order valence-electron chi connectivity index (χ1n) is 9.37. The van der Waals surface area contributed by atoms with Gasteiger partial charge in [-0.3, -0.25) is 25.2 Å². The molecule has 0 saturated heterocycles. The van der Waals surface area contributed by atoms with Crippen molar-refractivity contribution >= 4 is 17.8 Å². The number of aliphatic carboxylic acids is 1. The Labute approximate surface area is 142 Å². The molecule has 2 bridgehead atoms. The topological polar surface area (TPSA) is 95.5 Å². The van der Waals surface area contributed by atoms with Crippen molar-refractivity contribution in [3.63, 3.8) is 0 Å². The molecule has 0 aliphatic heterocycles. The van der Waals surface area contributed by atoms with E-state index in [0.717, 1.165) is 25.7 Å². The maximum Gasteiger partial charge on any atom is 0.307 e. The zero-order valence-electron chi connectivity index (χ0n) is 14.1. The lowest BCUT2D eigenvalue weighted by atomic mass is 9.79. The molecule has 0 aromatic heterocycles. The summed E-state index contributed by atoms with van der Waals surface area (Å²) < 4.78 is 0. The molecule has 2 amide bonds. The van der Waals surface area contributed by atoms with Crippen molar-refractivity contribution in [2.75, 3.05) is 0 Å². The van der Waals surface area contributed by atoms with Crippen molar-refractivity contribution in [2.24, 2.45) is 29.6 Å². The lowest BCUT2D eigenvalue weighted by molar-refractivity contribution is -0.149. The fourth-order valence-electron chi connectivity index (χ4n) is 5.11. The highest BCUT2D eigenvalue weighted by Crippen LogP contribution is 2.52. The van der Waals surface area contributed by atoms with E-state index in [2.05, 4.69) is 10.9 Å². The van der Waals surface area contributed by atoms with Gasteiger partial charge in [-0.15, -0.1) is 0 Å². The summed E-state index contributed by atoms with van der Waals surface area (Å²) in [6.45, 7) is 0. The summed E-state index contributed by atoms with van der Waals surface area (Å²) in [5.74, 6) is -1.60. The van der Waals surface area contributed by atoms with E-state index >= 15 is 0 Å². The molecule has 0 spiro atoms. The Morgan fingerprint density at radius 3 is 2.21 bits per heavy atom. The van der Waals surface area contributed by atoms with E-state index < -0.39 is 17.8 Å². The Bertz CT molecular complexity index is 501. The van der Waals surface area contributed by atoms with Gasteiger partial charge in [-0.05, 0) is 43.4 Å². The Balaban J connectivity index is 1.43. The molecule has 0 aromatic carbocycles. The normalized spacial score (nSPS) is 32.5. The Morgan fingerprint density at radius 1 is 0.875 bits per heavy atom. The quantitative estimate of drug-likeness (QED) is 0.671. The van der Waals surface area contributed by atoms with Crippen LogP contribution in [-0.2, 0) is 14.4 Å². The van der Waals surface area contributed by atoms with Crippen LogP contribution in [0.15, 0.2) is 0 Å². The van der Waals surface area contributed by atoms with Crippen LogP contribution in [0.3, 0.4) is 0 Å². The SMILES string of the molecule is O=C(CCC1CCCCC1)NNC(=O)[C@@H]1[C@@H]2CC[C@@H](C2)[C@@H]1C(=O)O. The summed E-state index contributed by atoms with van der Waals surface area (Å²) in [7, 11) is 0. The van der Waals surface area contributed by atoms with Crippen molar-refractivity contribution in [3.05, 3.63) is 0 Å². The van der Waals surface area contributed by atoms with Crippen LogP contribution in [0, 0.1) is 29.6 Å². The van der Waals surface area contributed by atoms with E-state index in [1.54, 1.807) is 0 Å². The molecule has 24 heavy (non-hydrogen) atoms. The van der Waals surface area contributed by atoms with Gasteiger partial charge in [-0.1, -0.05) is 32.1 Å². The van der Waals surface area contributed by atoms with E-state index in [1.165, 1.54) is 32.1 Å². The number of hydrogen-bond acceptors (Lipinski definition) is 3. The van der Waals surface area contributed by atoms with Gasteiger partial charge in [0.2, 0.25) is 11.8 Å². The van der Waals surface area contributed by atoms with Crippen LogP contribution < -0.4 is 10.9 Å². The Kier molecular flexibility index (Phi) is 5.41. The first kappa shape index (κ1) is 17.2. The van der Waals surface area contributed by atoms with Crippen molar-refractivity contribution in [1.82, 2.24) is 10.9 Å². The molecule has 6 nitrogen and oxygen atoms in total. The van der Waals surface area contributed by atoms with Crippen LogP contribution in [0.5, 0.6) is 0 Å². The fraction of sp³-hybridized carbons (Fsp3) is 0.833. The number of fused-ring (bicyclic) bond motifs is 2. The molecule has 4 atom stereocenters. The van der Waals surface area contributed by atoms with Crippen LogP contribution in [-0.4, -0.2) is 22.9 Å². The molecular weight excluding hydrogens is 308 g/mol. The number of carbonyl (C=O) groups excluding carboxylic acids is 2. The molecule has 6 heteroatoms. The van der Waals surface area contributed by atoms with Gasteiger partial charge < -0.3 is 5.11 Å². The second kappa shape index (κ2) is 7.53. The number of amides is 2. The van der Waals surface area contributed by atoms with E-state index in [4.69, 9.17) is 0 Å². The minimum Gasteiger partial charge on any atom is -0.481 e. The molecule has 0 aromatic rings. The van der Waals surface area contributed by atoms with Gasteiger partial charge in [0.15, 0.2) is 0 Å². The van der Waals surface area contributed by atoms with Gasteiger partial charge in [0, 0.05) is 6.42 Å². The second-order valence-corrected chi connectivity index (χ2v) is 7.80. The van der Waals surface area contributed by atoms with Gasteiger partial charge in [0.1, 0.15) is 0 Å². The Morgan fingerprint density at radius 2 is 1.54 bits per heavy atom. The van der Waals surface area contributed by atoms with E-state index in [1.807, 2.05) is 0 Å². The van der Waals surface area contributed by atoms with E-state index in [0.29, 0.717) is 12.3 Å². The highest BCUT2D eigenvalue weighted by molar-refractivity contribution is 5.88. The summed E-state index contributed by atoms with van der Waals surface area (Å²) >= 11 is 0. The zero-order valence-corrected chi connectivity index (χ0v) is 14.1. The number of carboxylic acids is 1. The number of carboxylic acid groups (broad SMARTS) is 1. The van der Waals surface area contributed by atoms with Gasteiger partial charge in [-0.25, -0.2) is 0 Å². The van der Waals surface area contributed by atoms with Crippen LogP contribution in [0.4, 0.5) is 0 Å². The van der Waals surface area contributed by atoms with Gasteiger partial charge in [-0.2, -0.15) is 0 Å². The highest BCUT2D eigenvalue weighted by Gasteiger charge is 2.54. The molecule has 0 radical (unpaired) electrons. The molecule has 0 unspecified atom stereocenters. The molecule has 3 saturated carbocycles. The molecule has 3 fully saturated rings. The van der Waals surface area contributed by atoms with Crippen molar-refractivity contribution in [3.8, 4) is 0 Å². The Hall–Kier alpha value is -1.59. The van der Waals surface area contributed by atoms with Crippen LogP contribution >= 0.6 is 0 Å². The smallest absolute Gasteiger partial charge is 0.307 e. The maximum absolute atomic E-state index is 12.4. The molecular formula is C18H28N2O4. The molecule has 134 valence electrons. The molecule has 0 heterocycles. The van der Waals surface area contributed by atoms with Crippen LogP contribution in [0.25, 0.3) is 0 Å². The third-order valence-electron chi connectivity index (χ3n) is 6.33. The lowest BCUT2D eigenvalue weighted by Crippen LogP contribution is -2.48. The number of hydrazine groups is 1. The third-order valence-corrected chi connectivity index (χ3v) is 6.33. The summed E-state index contributed by atoms with van der Waals surface area (Å²) in [6.07, 6.45) is 10.1. The minimum atomic E-state index is -0.883. The zero-order chi connectivity index (χ0) is 17.1. The van der Waals surface area contributed by atoms with Gasteiger partial charge >= 0.3 is 5.97 Å². The molecule has 3 aliphatic rings. The van der Waals surface area contributed by atoms with Gasteiger partial charge in [0.25, 0.3) is 0 Å². The average Bonchev–Trinajstić information content (AvgIpc) is 3.20. The predicted octanol–water partition coefficient (Wildman–Crippen LogP) is 2.24. The van der Waals surface area contributed by atoms with Crippen molar-refractivity contribution in [1.29, 1.82) is 0 Å². The predicted molar refractivity (Wildman–Crippen MR) is 87.5 cm³/mol. The number of hydrogen-bond donors (Lipinski definition) is 3. The first-order valence-corrected chi connectivity index (χ1v) is 9.37. The molecule has 3 aliphatic carbocycles. The average molecular weight is 336 g/mol. The van der Waals surface area contributed by atoms with Crippen molar-refractivity contribution in [2.45, 2.75) is 64.2 Å². The molecule has 3 N–H and O–H groups in total. The summed E-state index contributed by atoms with van der Waals surface area (Å²) in [6, 6.07) is 0. The monoisotopic (exact) mass is 336 g/mol. The maximum atomic E-state index is 12.4. The van der Waals surface area contributed by atoms with Crippen LogP contribution in [0.2, 0.25) is 0 Å². The number of carbonyl (C=O) groups is 3. The summed E-state index contributed by atoms with van der Waals surface area (Å²) in [5, 5.41) is 9.39. The number of rotatable bonds is 5. The summed E-state index contributed by atoms with van der Waals surface area (Å²) in [5.41, 5.74) is 4.97. The standard InChI is InChI=1S/C18H28N2O4/c21-14(9-6-11-4-2-1-3-5-11)19-20-17(22)15-12-7-8-13(10-12)16(15)18(23)24/h11-13,15-16H,1-10H2,(H,19,21)(H,20,22)(H,23,24)/t12-,13+,15-,16+/m1/s1. The highest BCUT2D eigenvalue weighted by atomic mass is 16.4. The van der Waals surface area contributed by atoms with E-state index in [9.17, 15) is 19.5 Å². The van der Waals surface area contributed by atoms with Gasteiger partial charge in [0.05, 0.1) is 11.8 Å². The molecule has 3 rings (SSSR count). The van der Waals surface area contributed by atoms with E-state index in [-0.39, 0.29) is 23.7 Å².